The Balaban J connectivity index is 1.24. The first-order chi connectivity index (χ1) is 18.3. The number of rotatable bonds is 6. The molecule has 2 amide bonds. The van der Waals surface area contributed by atoms with Gasteiger partial charge in [0.05, 0.1) is 5.41 Å². The normalized spacial score (nSPS) is 25.7. The van der Waals surface area contributed by atoms with Gasteiger partial charge in [0.25, 0.3) is 0 Å². The van der Waals surface area contributed by atoms with Gasteiger partial charge in [-0.2, -0.15) is 0 Å². The molecule has 0 aromatic heterocycles. The molecule has 5 heteroatoms. The van der Waals surface area contributed by atoms with Crippen LogP contribution in [0.3, 0.4) is 0 Å². The molecule has 2 aromatic carbocycles. The number of nitrogens with one attached hydrogen (secondary N) is 1. The molecule has 3 aliphatic rings. The van der Waals surface area contributed by atoms with Crippen molar-refractivity contribution in [3.8, 4) is 0 Å². The average Bonchev–Trinajstić information content (AvgIpc) is 3.48. The van der Waals surface area contributed by atoms with Gasteiger partial charge in [0, 0.05) is 44.2 Å². The van der Waals surface area contributed by atoms with Gasteiger partial charge in [-0.1, -0.05) is 74.5 Å². The number of likely N-dealkylation sites (tertiary alicyclic amines) is 2. The number of carbonyl (C=O) groups excluding carboxylic acids is 2. The van der Waals surface area contributed by atoms with Gasteiger partial charge >= 0.3 is 0 Å². The van der Waals surface area contributed by atoms with Crippen LogP contribution in [0.4, 0.5) is 0 Å². The molecule has 38 heavy (non-hydrogen) atoms. The zero-order valence-electron chi connectivity index (χ0n) is 23.5. The summed E-state index contributed by atoms with van der Waals surface area (Å²) in [7, 11) is 0. The van der Waals surface area contributed by atoms with Crippen LogP contribution >= 0.6 is 0 Å². The SMILES string of the molecule is C[C@@H](N[C@@H]1CC[C@@H](C(=O)N2CCC(C(=O)N3CCCC3)(c3ccccc3)CC2)C(C)(C)C1)c1ccccc1. The summed E-state index contributed by atoms with van der Waals surface area (Å²) in [4.78, 5) is 31.9. The van der Waals surface area contributed by atoms with E-state index in [1.165, 1.54) is 5.56 Å². The van der Waals surface area contributed by atoms with Crippen LogP contribution in [0.1, 0.15) is 82.9 Å². The van der Waals surface area contributed by atoms with Gasteiger partial charge < -0.3 is 15.1 Å². The number of hydrogen-bond acceptors (Lipinski definition) is 3. The van der Waals surface area contributed by atoms with Crippen molar-refractivity contribution in [2.45, 2.75) is 83.2 Å². The number of amides is 2. The third kappa shape index (κ3) is 5.40. The fourth-order valence-corrected chi connectivity index (χ4v) is 7.36. The summed E-state index contributed by atoms with van der Waals surface area (Å²) in [5, 5.41) is 3.83. The Kier molecular flexibility index (Phi) is 7.95. The molecule has 204 valence electrons. The third-order valence-electron chi connectivity index (χ3n) is 9.66. The summed E-state index contributed by atoms with van der Waals surface area (Å²) >= 11 is 0. The van der Waals surface area contributed by atoms with E-state index >= 15 is 0 Å². The van der Waals surface area contributed by atoms with Gasteiger partial charge in [0.2, 0.25) is 11.8 Å². The lowest BCUT2D eigenvalue weighted by atomic mass is 9.66. The number of hydrogen-bond donors (Lipinski definition) is 1. The molecule has 2 aromatic rings. The highest BCUT2D eigenvalue weighted by atomic mass is 16.2. The van der Waals surface area contributed by atoms with Gasteiger partial charge in [-0.15, -0.1) is 0 Å². The van der Waals surface area contributed by atoms with Gasteiger partial charge in [-0.25, -0.2) is 0 Å². The molecular weight excluding hydrogens is 470 g/mol. The molecule has 3 atom stereocenters. The van der Waals surface area contributed by atoms with E-state index in [1.807, 2.05) is 18.2 Å². The van der Waals surface area contributed by atoms with E-state index in [4.69, 9.17) is 0 Å². The van der Waals surface area contributed by atoms with Crippen LogP contribution in [0.2, 0.25) is 0 Å². The highest BCUT2D eigenvalue weighted by Gasteiger charge is 2.48. The van der Waals surface area contributed by atoms with E-state index in [0.717, 1.165) is 50.8 Å². The zero-order chi connectivity index (χ0) is 26.8. The smallest absolute Gasteiger partial charge is 0.233 e. The number of benzene rings is 2. The molecule has 2 saturated heterocycles. The minimum absolute atomic E-state index is 0.0334. The first-order valence-corrected chi connectivity index (χ1v) is 14.7. The average molecular weight is 516 g/mol. The molecule has 5 nitrogen and oxygen atoms in total. The second-order valence-electron chi connectivity index (χ2n) is 12.6. The van der Waals surface area contributed by atoms with Crippen molar-refractivity contribution in [3.63, 3.8) is 0 Å². The molecule has 3 fully saturated rings. The Morgan fingerprint density at radius 1 is 0.842 bits per heavy atom. The van der Waals surface area contributed by atoms with E-state index in [1.54, 1.807) is 0 Å². The van der Waals surface area contributed by atoms with Gasteiger partial charge in [0.15, 0.2) is 0 Å². The first kappa shape index (κ1) is 26.9. The van der Waals surface area contributed by atoms with Crippen molar-refractivity contribution in [3.05, 3.63) is 71.8 Å². The van der Waals surface area contributed by atoms with Crippen molar-refractivity contribution < 1.29 is 9.59 Å². The van der Waals surface area contributed by atoms with Gasteiger partial charge in [0.1, 0.15) is 0 Å². The predicted octanol–water partition coefficient (Wildman–Crippen LogP) is 5.71. The Morgan fingerprint density at radius 2 is 1.45 bits per heavy atom. The van der Waals surface area contributed by atoms with Crippen molar-refractivity contribution in [2.24, 2.45) is 11.3 Å². The Morgan fingerprint density at radius 3 is 2.05 bits per heavy atom. The fourth-order valence-electron chi connectivity index (χ4n) is 7.36. The van der Waals surface area contributed by atoms with E-state index in [9.17, 15) is 9.59 Å². The zero-order valence-corrected chi connectivity index (χ0v) is 23.5. The maximum Gasteiger partial charge on any atom is 0.233 e. The minimum Gasteiger partial charge on any atom is -0.342 e. The Bertz CT molecular complexity index is 1090. The largest absolute Gasteiger partial charge is 0.342 e. The maximum atomic E-state index is 13.9. The molecule has 5 rings (SSSR count). The summed E-state index contributed by atoms with van der Waals surface area (Å²) < 4.78 is 0. The number of piperidine rings is 1. The summed E-state index contributed by atoms with van der Waals surface area (Å²) in [6.07, 6.45) is 6.55. The Hall–Kier alpha value is -2.66. The summed E-state index contributed by atoms with van der Waals surface area (Å²) in [6.45, 7) is 9.82. The van der Waals surface area contributed by atoms with Gasteiger partial charge in [-0.05, 0) is 68.4 Å². The van der Waals surface area contributed by atoms with Crippen molar-refractivity contribution in [1.29, 1.82) is 0 Å². The van der Waals surface area contributed by atoms with E-state index in [-0.39, 0.29) is 17.2 Å². The summed E-state index contributed by atoms with van der Waals surface area (Å²) in [5.74, 6) is 0.596. The van der Waals surface area contributed by atoms with Crippen LogP contribution in [0.25, 0.3) is 0 Å². The predicted molar refractivity (Wildman–Crippen MR) is 153 cm³/mol. The second kappa shape index (κ2) is 11.2. The molecular formula is C33H45N3O2. The molecule has 0 bridgehead atoms. The monoisotopic (exact) mass is 515 g/mol. The molecule has 0 unspecified atom stereocenters. The maximum absolute atomic E-state index is 13.9. The number of nitrogens with zero attached hydrogens (tertiary/aromatic N) is 2. The lowest BCUT2D eigenvalue weighted by Crippen LogP contribution is -2.55. The van der Waals surface area contributed by atoms with Crippen molar-refractivity contribution in [2.75, 3.05) is 26.2 Å². The molecule has 2 heterocycles. The van der Waals surface area contributed by atoms with E-state index in [2.05, 4.69) is 78.4 Å². The first-order valence-electron chi connectivity index (χ1n) is 14.7. The summed E-state index contributed by atoms with van der Waals surface area (Å²) in [5.41, 5.74) is 1.85. The lowest BCUT2D eigenvalue weighted by Gasteiger charge is -2.47. The second-order valence-corrected chi connectivity index (χ2v) is 12.6. The van der Waals surface area contributed by atoms with E-state index in [0.29, 0.717) is 43.9 Å². The quantitative estimate of drug-likeness (QED) is 0.536. The topological polar surface area (TPSA) is 52.7 Å². The fraction of sp³-hybridized carbons (Fsp3) is 0.576. The molecule has 0 radical (unpaired) electrons. The molecule has 2 aliphatic heterocycles. The van der Waals surface area contributed by atoms with Crippen LogP contribution < -0.4 is 5.32 Å². The van der Waals surface area contributed by atoms with Gasteiger partial charge in [-0.3, -0.25) is 9.59 Å². The standard InChI is InChI=1S/C33H45N3O2/c1-25(26-12-6-4-7-13-26)34-28-16-17-29(32(2,3)24-28)30(37)35-22-18-33(19-23-35,27-14-8-5-9-15-27)31(38)36-20-10-11-21-36/h4-9,12-15,25,28-29,34H,10-11,16-24H2,1-3H3/t25-,28-,29+/m1/s1. The third-order valence-corrected chi connectivity index (χ3v) is 9.66. The highest BCUT2D eigenvalue weighted by Crippen LogP contribution is 2.44. The molecule has 0 spiro atoms. The molecule has 1 saturated carbocycles. The summed E-state index contributed by atoms with van der Waals surface area (Å²) in [6, 6.07) is 21.6. The van der Waals surface area contributed by atoms with Crippen LogP contribution in [0.5, 0.6) is 0 Å². The van der Waals surface area contributed by atoms with E-state index < -0.39 is 5.41 Å². The van der Waals surface area contributed by atoms with Crippen LogP contribution in [-0.2, 0) is 15.0 Å². The lowest BCUT2D eigenvalue weighted by molar-refractivity contribution is -0.147. The highest BCUT2D eigenvalue weighted by molar-refractivity contribution is 5.89. The Labute approximate surface area is 229 Å². The molecule has 1 aliphatic carbocycles. The van der Waals surface area contributed by atoms with Crippen LogP contribution in [0.15, 0.2) is 60.7 Å². The van der Waals surface area contributed by atoms with Crippen LogP contribution in [-0.4, -0.2) is 53.8 Å². The van der Waals surface area contributed by atoms with Crippen molar-refractivity contribution >= 4 is 11.8 Å². The van der Waals surface area contributed by atoms with Crippen LogP contribution in [0, 0.1) is 11.3 Å². The molecule has 1 N–H and O–H groups in total. The van der Waals surface area contributed by atoms with Crippen molar-refractivity contribution in [1.82, 2.24) is 15.1 Å². The minimum atomic E-state index is -0.507. The number of carbonyl (C=O) groups is 2.